The molecule has 0 spiro atoms. The summed E-state index contributed by atoms with van der Waals surface area (Å²) in [7, 11) is 0. The summed E-state index contributed by atoms with van der Waals surface area (Å²) in [4.78, 5) is 18.3. The molecule has 140 valence electrons. The third-order valence-corrected chi connectivity index (χ3v) is 4.13. The largest absolute Gasteiger partial charge is 0.493 e. The number of nitrogens with zero attached hydrogens (tertiary/aromatic N) is 3. The highest BCUT2D eigenvalue weighted by molar-refractivity contribution is 5.71. The molecule has 0 N–H and O–H groups in total. The van der Waals surface area contributed by atoms with Gasteiger partial charge in [-0.05, 0) is 44.7 Å². The number of aromatic nitrogens is 2. The second-order valence-electron chi connectivity index (χ2n) is 6.36. The zero-order valence-corrected chi connectivity index (χ0v) is 15.3. The molecule has 3 rings (SSSR count). The average Bonchev–Trinajstić information content (AvgIpc) is 3.31. The van der Waals surface area contributed by atoms with Crippen LogP contribution in [0.3, 0.4) is 0 Å². The summed E-state index contributed by atoms with van der Waals surface area (Å²) >= 11 is 0. The maximum Gasteiger partial charge on any atom is 0.320 e. The zero-order valence-electron chi connectivity index (χ0n) is 15.3. The molecule has 1 saturated carbocycles. The quantitative estimate of drug-likeness (QED) is 0.604. The van der Waals surface area contributed by atoms with Crippen LogP contribution in [0.25, 0.3) is 11.4 Å². The van der Waals surface area contributed by atoms with Crippen molar-refractivity contribution in [3.63, 3.8) is 0 Å². The Labute approximate surface area is 153 Å². The Morgan fingerprint density at radius 1 is 1.27 bits per heavy atom. The van der Waals surface area contributed by atoms with E-state index in [9.17, 15) is 4.79 Å². The number of benzene rings is 1. The first-order valence-corrected chi connectivity index (χ1v) is 9.12. The standard InChI is InChI=1S/C19H25N3O4/c1-3-24-16-8-6-5-7-15(16)19-20-17(26-21-19)12-22(11-14-9-10-14)13-18(23)25-4-2/h5-8,14H,3-4,9-13H2,1-2H3. The van der Waals surface area contributed by atoms with Crippen LogP contribution in [0, 0.1) is 5.92 Å². The van der Waals surface area contributed by atoms with E-state index < -0.39 is 0 Å². The van der Waals surface area contributed by atoms with Crippen molar-refractivity contribution in [2.24, 2.45) is 5.92 Å². The lowest BCUT2D eigenvalue weighted by Gasteiger charge is -2.18. The number of esters is 1. The van der Waals surface area contributed by atoms with Crippen molar-refractivity contribution in [3.05, 3.63) is 30.2 Å². The van der Waals surface area contributed by atoms with Crippen molar-refractivity contribution in [1.29, 1.82) is 0 Å². The summed E-state index contributed by atoms with van der Waals surface area (Å²) < 4.78 is 16.1. The molecule has 0 bridgehead atoms. The van der Waals surface area contributed by atoms with Crippen molar-refractivity contribution in [2.45, 2.75) is 33.2 Å². The van der Waals surface area contributed by atoms with Crippen LogP contribution in [0.5, 0.6) is 5.75 Å². The van der Waals surface area contributed by atoms with Crippen LogP contribution in [0.4, 0.5) is 0 Å². The summed E-state index contributed by atoms with van der Waals surface area (Å²) in [5.41, 5.74) is 0.795. The van der Waals surface area contributed by atoms with Gasteiger partial charge < -0.3 is 14.0 Å². The predicted octanol–water partition coefficient (Wildman–Crippen LogP) is 2.91. The van der Waals surface area contributed by atoms with E-state index in [-0.39, 0.29) is 12.5 Å². The lowest BCUT2D eigenvalue weighted by Crippen LogP contribution is -2.32. The fourth-order valence-corrected chi connectivity index (χ4v) is 2.79. The topological polar surface area (TPSA) is 77.7 Å². The summed E-state index contributed by atoms with van der Waals surface area (Å²) in [5.74, 6) is 2.12. The summed E-state index contributed by atoms with van der Waals surface area (Å²) in [5, 5.41) is 4.08. The van der Waals surface area contributed by atoms with Crippen LogP contribution in [0.15, 0.2) is 28.8 Å². The van der Waals surface area contributed by atoms with Gasteiger partial charge in [-0.3, -0.25) is 9.69 Å². The van der Waals surface area contributed by atoms with E-state index in [0.29, 0.717) is 37.4 Å². The monoisotopic (exact) mass is 359 g/mol. The molecule has 0 amide bonds. The van der Waals surface area contributed by atoms with E-state index in [1.807, 2.05) is 43.0 Å². The van der Waals surface area contributed by atoms with Crippen LogP contribution in [-0.4, -0.2) is 47.3 Å². The number of hydrogen-bond acceptors (Lipinski definition) is 7. The molecule has 1 fully saturated rings. The third-order valence-electron chi connectivity index (χ3n) is 4.13. The maximum atomic E-state index is 11.8. The van der Waals surface area contributed by atoms with E-state index in [0.717, 1.165) is 17.9 Å². The Kier molecular flexibility index (Phi) is 6.22. The molecular weight excluding hydrogens is 334 g/mol. The highest BCUT2D eigenvalue weighted by atomic mass is 16.5. The molecule has 26 heavy (non-hydrogen) atoms. The van der Waals surface area contributed by atoms with Crippen LogP contribution in [0.2, 0.25) is 0 Å². The van der Waals surface area contributed by atoms with Crippen LogP contribution in [-0.2, 0) is 16.1 Å². The van der Waals surface area contributed by atoms with Crippen LogP contribution in [0.1, 0.15) is 32.6 Å². The van der Waals surface area contributed by atoms with Crippen molar-refractivity contribution in [1.82, 2.24) is 15.0 Å². The fraction of sp³-hybridized carbons (Fsp3) is 0.526. The van der Waals surface area contributed by atoms with Gasteiger partial charge in [0.2, 0.25) is 11.7 Å². The van der Waals surface area contributed by atoms with Crippen molar-refractivity contribution < 1.29 is 18.8 Å². The van der Waals surface area contributed by atoms with Gasteiger partial charge in [-0.25, -0.2) is 0 Å². The molecule has 0 atom stereocenters. The molecule has 1 heterocycles. The van der Waals surface area contributed by atoms with Gasteiger partial charge in [0, 0.05) is 6.54 Å². The fourth-order valence-electron chi connectivity index (χ4n) is 2.79. The number of para-hydroxylation sites is 1. The Hall–Kier alpha value is -2.41. The molecule has 0 unspecified atom stereocenters. The molecule has 1 aliphatic carbocycles. The number of rotatable bonds is 10. The van der Waals surface area contributed by atoms with E-state index in [2.05, 4.69) is 10.1 Å². The molecule has 1 aliphatic rings. The highest BCUT2D eigenvalue weighted by Gasteiger charge is 2.27. The third kappa shape index (κ3) is 5.05. The van der Waals surface area contributed by atoms with E-state index in [1.165, 1.54) is 12.8 Å². The SMILES string of the molecule is CCOC(=O)CN(Cc1nc(-c2ccccc2OCC)no1)CC1CC1. The lowest BCUT2D eigenvalue weighted by molar-refractivity contribution is -0.144. The van der Waals surface area contributed by atoms with Gasteiger partial charge in [0.25, 0.3) is 0 Å². The number of carbonyl (C=O) groups is 1. The minimum absolute atomic E-state index is 0.227. The van der Waals surface area contributed by atoms with Crippen molar-refractivity contribution in [3.8, 4) is 17.1 Å². The molecule has 7 nitrogen and oxygen atoms in total. The normalized spacial score (nSPS) is 13.8. The van der Waals surface area contributed by atoms with Gasteiger partial charge in [0.15, 0.2) is 0 Å². The number of ether oxygens (including phenoxy) is 2. The average molecular weight is 359 g/mol. The lowest BCUT2D eigenvalue weighted by atomic mass is 10.2. The molecule has 0 saturated heterocycles. The highest BCUT2D eigenvalue weighted by Crippen LogP contribution is 2.31. The smallest absolute Gasteiger partial charge is 0.320 e. The maximum absolute atomic E-state index is 11.8. The summed E-state index contributed by atoms with van der Waals surface area (Å²) in [6.07, 6.45) is 2.41. The first-order valence-electron chi connectivity index (χ1n) is 9.12. The van der Waals surface area contributed by atoms with Crippen molar-refractivity contribution in [2.75, 3.05) is 26.3 Å². The molecule has 1 aromatic carbocycles. The zero-order chi connectivity index (χ0) is 18.4. The van der Waals surface area contributed by atoms with E-state index in [4.69, 9.17) is 14.0 Å². The molecule has 1 aromatic heterocycles. The summed E-state index contributed by atoms with van der Waals surface area (Å²) in [6.45, 7) is 6.20. The van der Waals surface area contributed by atoms with Crippen molar-refractivity contribution >= 4 is 5.97 Å². The second-order valence-corrected chi connectivity index (χ2v) is 6.36. The predicted molar refractivity (Wildman–Crippen MR) is 95.5 cm³/mol. The van der Waals surface area contributed by atoms with E-state index >= 15 is 0 Å². The Bertz CT molecular complexity index is 727. The van der Waals surface area contributed by atoms with Crippen LogP contribution < -0.4 is 4.74 Å². The van der Waals surface area contributed by atoms with Gasteiger partial charge in [-0.15, -0.1) is 0 Å². The minimum atomic E-state index is -0.227. The van der Waals surface area contributed by atoms with Gasteiger partial charge in [0.1, 0.15) is 5.75 Å². The first-order chi connectivity index (χ1) is 12.7. The summed E-state index contributed by atoms with van der Waals surface area (Å²) in [6, 6.07) is 7.61. The Balaban J connectivity index is 1.70. The molecule has 7 heteroatoms. The van der Waals surface area contributed by atoms with Gasteiger partial charge in [-0.2, -0.15) is 4.98 Å². The minimum Gasteiger partial charge on any atom is -0.493 e. The van der Waals surface area contributed by atoms with Gasteiger partial charge in [0.05, 0.1) is 31.9 Å². The molecular formula is C19H25N3O4. The first kappa shape index (κ1) is 18.4. The Morgan fingerprint density at radius 2 is 2.08 bits per heavy atom. The van der Waals surface area contributed by atoms with Gasteiger partial charge in [-0.1, -0.05) is 17.3 Å². The second kappa shape index (κ2) is 8.80. The number of carbonyl (C=O) groups excluding carboxylic acids is 1. The Morgan fingerprint density at radius 3 is 2.81 bits per heavy atom. The van der Waals surface area contributed by atoms with Gasteiger partial charge >= 0.3 is 5.97 Å². The molecule has 2 aromatic rings. The molecule has 0 aliphatic heterocycles. The van der Waals surface area contributed by atoms with E-state index in [1.54, 1.807) is 0 Å². The van der Waals surface area contributed by atoms with Crippen LogP contribution >= 0.6 is 0 Å². The molecule has 0 radical (unpaired) electrons. The number of hydrogen-bond donors (Lipinski definition) is 0.